The third kappa shape index (κ3) is 3.21. The van der Waals surface area contributed by atoms with Gasteiger partial charge in [0.1, 0.15) is 0 Å². The number of thioether (sulfide) groups is 1. The smallest absolute Gasteiger partial charge is 0.247 e. The van der Waals surface area contributed by atoms with Crippen LogP contribution in [-0.4, -0.2) is 17.1 Å². The highest BCUT2D eigenvalue weighted by atomic mass is 79.9. The van der Waals surface area contributed by atoms with Gasteiger partial charge in [-0.3, -0.25) is 9.59 Å². The molecule has 0 aromatic heterocycles. The molecular formula is C16H11BrClNO2S. The number of anilines is 1. The van der Waals surface area contributed by atoms with Gasteiger partial charge in [-0.05, 0) is 48.5 Å². The molecule has 1 atom stereocenters. The van der Waals surface area contributed by atoms with Crippen LogP contribution in [0.15, 0.2) is 57.9 Å². The van der Waals surface area contributed by atoms with Crippen molar-refractivity contribution in [2.45, 2.75) is 16.6 Å². The number of halogens is 2. The summed E-state index contributed by atoms with van der Waals surface area (Å²) in [5.41, 5.74) is 0.568. The van der Waals surface area contributed by atoms with Crippen LogP contribution in [0.5, 0.6) is 0 Å². The predicted octanol–water partition coefficient (Wildman–Crippen LogP) is 4.53. The van der Waals surface area contributed by atoms with E-state index in [2.05, 4.69) is 15.9 Å². The van der Waals surface area contributed by atoms with E-state index in [1.54, 1.807) is 24.3 Å². The van der Waals surface area contributed by atoms with Gasteiger partial charge in [-0.25, -0.2) is 4.90 Å². The molecule has 0 aliphatic carbocycles. The number of nitrogens with zero attached hydrogens (tertiary/aromatic N) is 1. The van der Waals surface area contributed by atoms with Crippen LogP contribution in [0.2, 0.25) is 5.02 Å². The van der Waals surface area contributed by atoms with Crippen molar-refractivity contribution in [3.8, 4) is 0 Å². The number of benzene rings is 2. The summed E-state index contributed by atoms with van der Waals surface area (Å²) in [5.74, 6) is -0.359. The Bertz CT molecular complexity index is 718. The first-order chi connectivity index (χ1) is 10.5. The van der Waals surface area contributed by atoms with Crippen LogP contribution in [0.4, 0.5) is 5.69 Å². The zero-order valence-corrected chi connectivity index (χ0v) is 14.5. The Morgan fingerprint density at radius 1 is 1.05 bits per heavy atom. The molecule has 0 bridgehead atoms. The Morgan fingerprint density at radius 3 is 2.32 bits per heavy atom. The Labute approximate surface area is 145 Å². The Balaban J connectivity index is 1.79. The van der Waals surface area contributed by atoms with E-state index in [0.29, 0.717) is 10.7 Å². The summed E-state index contributed by atoms with van der Waals surface area (Å²) in [4.78, 5) is 26.9. The monoisotopic (exact) mass is 395 g/mol. The van der Waals surface area contributed by atoms with Gasteiger partial charge >= 0.3 is 0 Å². The second kappa shape index (κ2) is 6.44. The minimum atomic E-state index is -0.385. The molecule has 1 aliphatic heterocycles. The van der Waals surface area contributed by atoms with Crippen molar-refractivity contribution in [2.24, 2.45) is 0 Å². The second-order valence-corrected chi connectivity index (χ2v) is 7.44. The summed E-state index contributed by atoms with van der Waals surface area (Å²) in [6, 6.07) is 14.4. The van der Waals surface area contributed by atoms with Gasteiger partial charge in [0.15, 0.2) is 0 Å². The zero-order chi connectivity index (χ0) is 15.7. The largest absolute Gasteiger partial charge is 0.274 e. The highest BCUT2D eigenvalue weighted by Gasteiger charge is 2.40. The lowest BCUT2D eigenvalue weighted by atomic mass is 10.3. The molecule has 22 heavy (non-hydrogen) atoms. The highest BCUT2D eigenvalue weighted by molar-refractivity contribution is 9.10. The van der Waals surface area contributed by atoms with E-state index in [9.17, 15) is 9.59 Å². The van der Waals surface area contributed by atoms with Gasteiger partial charge in [0.05, 0.1) is 10.9 Å². The number of amides is 2. The van der Waals surface area contributed by atoms with Crippen LogP contribution < -0.4 is 4.90 Å². The molecule has 0 spiro atoms. The van der Waals surface area contributed by atoms with Crippen molar-refractivity contribution in [3.63, 3.8) is 0 Å². The summed E-state index contributed by atoms with van der Waals surface area (Å²) in [6.45, 7) is 0. The van der Waals surface area contributed by atoms with Crippen molar-refractivity contribution >= 4 is 56.8 Å². The molecule has 1 fully saturated rings. The van der Waals surface area contributed by atoms with Crippen LogP contribution in [-0.2, 0) is 9.59 Å². The van der Waals surface area contributed by atoms with E-state index in [1.165, 1.54) is 16.7 Å². The van der Waals surface area contributed by atoms with Crippen molar-refractivity contribution in [1.29, 1.82) is 0 Å². The first-order valence-electron chi connectivity index (χ1n) is 6.59. The third-order valence-electron chi connectivity index (χ3n) is 3.28. The first kappa shape index (κ1) is 15.6. The molecule has 3 rings (SSSR count). The normalized spacial score (nSPS) is 18.1. The lowest BCUT2D eigenvalue weighted by Crippen LogP contribution is -2.31. The predicted molar refractivity (Wildman–Crippen MR) is 92.3 cm³/mol. The van der Waals surface area contributed by atoms with E-state index in [-0.39, 0.29) is 23.5 Å². The van der Waals surface area contributed by atoms with Crippen molar-refractivity contribution in [2.75, 3.05) is 4.90 Å². The van der Waals surface area contributed by atoms with Crippen LogP contribution >= 0.6 is 39.3 Å². The molecule has 1 saturated heterocycles. The lowest BCUT2D eigenvalue weighted by Gasteiger charge is -2.15. The Morgan fingerprint density at radius 2 is 1.68 bits per heavy atom. The number of hydrogen-bond donors (Lipinski definition) is 0. The highest BCUT2D eigenvalue weighted by Crippen LogP contribution is 2.34. The summed E-state index contributed by atoms with van der Waals surface area (Å²) in [7, 11) is 0. The third-order valence-corrected chi connectivity index (χ3v) is 5.26. The molecule has 2 amide bonds. The van der Waals surface area contributed by atoms with E-state index < -0.39 is 0 Å². The number of rotatable bonds is 3. The molecule has 2 aromatic rings. The minimum absolute atomic E-state index is 0.179. The fourth-order valence-corrected chi connectivity index (χ4v) is 3.68. The maximum Gasteiger partial charge on any atom is 0.247 e. The van der Waals surface area contributed by atoms with Gasteiger partial charge < -0.3 is 0 Å². The van der Waals surface area contributed by atoms with E-state index in [0.717, 1.165) is 9.37 Å². The Kier molecular flexibility index (Phi) is 4.57. The van der Waals surface area contributed by atoms with Crippen molar-refractivity contribution in [3.05, 3.63) is 58.0 Å². The molecule has 3 nitrogen and oxygen atoms in total. The van der Waals surface area contributed by atoms with Gasteiger partial charge in [0.25, 0.3) is 0 Å². The average Bonchev–Trinajstić information content (AvgIpc) is 2.77. The van der Waals surface area contributed by atoms with E-state index in [1.807, 2.05) is 24.3 Å². The molecule has 0 N–H and O–H groups in total. The summed E-state index contributed by atoms with van der Waals surface area (Å²) >= 11 is 10.6. The average molecular weight is 397 g/mol. The van der Waals surface area contributed by atoms with Crippen LogP contribution in [0.25, 0.3) is 0 Å². The number of carbonyl (C=O) groups excluding carboxylic acids is 2. The van der Waals surface area contributed by atoms with Gasteiger partial charge in [0, 0.05) is 20.8 Å². The molecule has 112 valence electrons. The fourth-order valence-electron chi connectivity index (χ4n) is 2.23. The SMILES string of the molecule is O=C1CC(Sc2ccc(Br)cc2)C(=O)N1c1ccc(Cl)cc1. The van der Waals surface area contributed by atoms with Gasteiger partial charge in [0.2, 0.25) is 11.8 Å². The molecule has 0 saturated carbocycles. The standard InChI is InChI=1S/C16H11BrClNO2S/c17-10-1-7-13(8-2-10)22-14-9-15(20)19(16(14)21)12-5-3-11(18)4-6-12/h1-8,14H,9H2. The molecule has 1 aliphatic rings. The quantitative estimate of drug-likeness (QED) is 0.716. The Hall–Kier alpha value is -1.30. The summed E-state index contributed by atoms with van der Waals surface area (Å²) in [5, 5.41) is 0.188. The summed E-state index contributed by atoms with van der Waals surface area (Å²) in [6.07, 6.45) is 0.211. The van der Waals surface area contributed by atoms with Gasteiger partial charge in [-0.15, -0.1) is 11.8 Å². The minimum Gasteiger partial charge on any atom is -0.274 e. The van der Waals surface area contributed by atoms with E-state index >= 15 is 0 Å². The van der Waals surface area contributed by atoms with E-state index in [4.69, 9.17) is 11.6 Å². The van der Waals surface area contributed by atoms with Crippen molar-refractivity contribution in [1.82, 2.24) is 0 Å². The van der Waals surface area contributed by atoms with Crippen molar-refractivity contribution < 1.29 is 9.59 Å². The number of hydrogen-bond acceptors (Lipinski definition) is 3. The second-order valence-electron chi connectivity index (χ2n) is 4.81. The number of imide groups is 1. The first-order valence-corrected chi connectivity index (χ1v) is 8.64. The molecule has 0 radical (unpaired) electrons. The zero-order valence-electron chi connectivity index (χ0n) is 11.3. The number of carbonyl (C=O) groups is 2. The molecule has 6 heteroatoms. The lowest BCUT2D eigenvalue weighted by molar-refractivity contribution is -0.121. The summed E-state index contributed by atoms with van der Waals surface area (Å²) < 4.78 is 0.980. The van der Waals surface area contributed by atoms with Crippen LogP contribution in [0, 0.1) is 0 Å². The van der Waals surface area contributed by atoms with Gasteiger partial charge in [-0.1, -0.05) is 27.5 Å². The van der Waals surface area contributed by atoms with Crippen LogP contribution in [0.3, 0.4) is 0 Å². The topological polar surface area (TPSA) is 37.4 Å². The molecule has 1 heterocycles. The van der Waals surface area contributed by atoms with Gasteiger partial charge in [-0.2, -0.15) is 0 Å². The maximum atomic E-state index is 12.5. The molecule has 1 unspecified atom stereocenters. The molecule has 2 aromatic carbocycles. The maximum absolute atomic E-state index is 12.5. The fraction of sp³-hybridized carbons (Fsp3) is 0.125. The van der Waals surface area contributed by atoms with Crippen LogP contribution in [0.1, 0.15) is 6.42 Å². The molecular weight excluding hydrogens is 386 g/mol.